The van der Waals surface area contributed by atoms with E-state index >= 15 is 0 Å². The number of rotatable bonds is 4. The van der Waals surface area contributed by atoms with Crippen LogP contribution in [0.3, 0.4) is 0 Å². The highest BCUT2D eigenvalue weighted by Gasteiger charge is 2.32. The number of carbonyl (C=O) groups excluding carboxylic acids is 2. The van der Waals surface area contributed by atoms with Gasteiger partial charge in [0.15, 0.2) is 0 Å². The number of carbonyl (C=O) groups is 2. The standard InChI is InChI=1S/C18H25FN4O2/c1-20-17(24)12-4-8-14(9-5-12)21-18(25)16-10-15(22-23-16)11-2-6-13(19)7-3-11/h2-3,6-7,12,14-16,22-23H,4-5,8-10H2,1H3,(H,20,24)(H,21,25). The van der Waals surface area contributed by atoms with E-state index in [0.29, 0.717) is 6.42 Å². The third kappa shape index (κ3) is 4.35. The van der Waals surface area contributed by atoms with Crippen LogP contribution in [0.4, 0.5) is 4.39 Å². The van der Waals surface area contributed by atoms with Crippen LogP contribution in [-0.2, 0) is 9.59 Å². The van der Waals surface area contributed by atoms with Crippen LogP contribution in [0.5, 0.6) is 0 Å². The van der Waals surface area contributed by atoms with Crippen LogP contribution in [0, 0.1) is 11.7 Å². The Morgan fingerprint density at radius 2 is 1.72 bits per heavy atom. The normalized spacial score (nSPS) is 29.2. The molecule has 0 aromatic heterocycles. The molecule has 2 amide bonds. The highest BCUT2D eigenvalue weighted by atomic mass is 19.1. The first kappa shape index (κ1) is 17.8. The fourth-order valence-corrected chi connectivity index (χ4v) is 3.65. The number of amides is 2. The smallest absolute Gasteiger partial charge is 0.238 e. The lowest BCUT2D eigenvalue weighted by molar-refractivity contribution is -0.125. The fourth-order valence-electron chi connectivity index (χ4n) is 3.65. The molecule has 1 aliphatic carbocycles. The minimum atomic E-state index is -0.313. The van der Waals surface area contributed by atoms with E-state index in [0.717, 1.165) is 31.2 Å². The van der Waals surface area contributed by atoms with Gasteiger partial charge in [-0.2, -0.15) is 0 Å². The van der Waals surface area contributed by atoms with Crippen LogP contribution in [0.15, 0.2) is 24.3 Å². The first-order valence-electron chi connectivity index (χ1n) is 8.85. The van der Waals surface area contributed by atoms with Crippen molar-refractivity contribution in [2.24, 2.45) is 5.92 Å². The molecule has 3 rings (SSSR count). The molecular formula is C18H25FN4O2. The van der Waals surface area contributed by atoms with Gasteiger partial charge in [-0.3, -0.25) is 9.59 Å². The molecule has 1 saturated carbocycles. The maximum absolute atomic E-state index is 13.0. The van der Waals surface area contributed by atoms with E-state index < -0.39 is 0 Å². The molecule has 7 heteroatoms. The molecule has 2 unspecified atom stereocenters. The Hall–Kier alpha value is -1.99. The molecule has 0 bridgehead atoms. The predicted molar refractivity (Wildman–Crippen MR) is 91.8 cm³/mol. The maximum Gasteiger partial charge on any atom is 0.238 e. The summed E-state index contributed by atoms with van der Waals surface area (Å²) in [5.41, 5.74) is 7.08. The van der Waals surface area contributed by atoms with Gasteiger partial charge in [-0.1, -0.05) is 12.1 Å². The van der Waals surface area contributed by atoms with Crippen molar-refractivity contribution in [3.8, 4) is 0 Å². The van der Waals surface area contributed by atoms with Gasteiger partial charge in [0.2, 0.25) is 11.8 Å². The van der Waals surface area contributed by atoms with Crippen LogP contribution in [0.1, 0.15) is 43.7 Å². The maximum atomic E-state index is 13.0. The molecule has 0 radical (unpaired) electrons. The quantitative estimate of drug-likeness (QED) is 0.658. The van der Waals surface area contributed by atoms with E-state index in [1.807, 2.05) is 0 Å². The van der Waals surface area contributed by atoms with Crippen LogP contribution in [0.2, 0.25) is 0 Å². The van der Waals surface area contributed by atoms with E-state index in [-0.39, 0.29) is 41.7 Å². The molecule has 1 heterocycles. The van der Waals surface area contributed by atoms with Gasteiger partial charge >= 0.3 is 0 Å². The second-order valence-corrected chi connectivity index (χ2v) is 6.85. The largest absolute Gasteiger partial charge is 0.359 e. The lowest BCUT2D eigenvalue weighted by atomic mass is 9.85. The van der Waals surface area contributed by atoms with E-state index in [1.165, 1.54) is 12.1 Å². The summed E-state index contributed by atoms with van der Waals surface area (Å²) in [4.78, 5) is 24.1. The summed E-state index contributed by atoms with van der Waals surface area (Å²) in [5.74, 6) is -0.141. The van der Waals surface area contributed by atoms with Crippen LogP contribution in [-0.4, -0.2) is 30.9 Å². The number of halogens is 1. The highest BCUT2D eigenvalue weighted by molar-refractivity contribution is 5.82. The van der Waals surface area contributed by atoms with Gasteiger partial charge in [-0.05, 0) is 49.8 Å². The zero-order valence-electron chi connectivity index (χ0n) is 14.3. The second kappa shape index (κ2) is 7.93. The molecule has 1 saturated heterocycles. The van der Waals surface area contributed by atoms with E-state index in [4.69, 9.17) is 0 Å². The van der Waals surface area contributed by atoms with Crippen LogP contribution >= 0.6 is 0 Å². The van der Waals surface area contributed by atoms with Gasteiger partial charge in [0.1, 0.15) is 11.9 Å². The summed E-state index contributed by atoms with van der Waals surface area (Å²) in [6, 6.07) is 6.11. The van der Waals surface area contributed by atoms with Gasteiger partial charge in [-0.25, -0.2) is 15.2 Å². The molecular weight excluding hydrogens is 323 g/mol. The van der Waals surface area contributed by atoms with Crippen molar-refractivity contribution < 1.29 is 14.0 Å². The van der Waals surface area contributed by atoms with Crippen LogP contribution in [0.25, 0.3) is 0 Å². The summed E-state index contributed by atoms with van der Waals surface area (Å²) in [6.07, 6.45) is 3.88. The Balaban J connectivity index is 1.47. The van der Waals surface area contributed by atoms with Crippen molar-refractivity contribution in [1.82, 2.24) is 21.5 Å². The molecule has 6 nitrogen and oxygen atoms in total. The number of benzene rings is 1. The Morgan fingerprint density at radius 1 is 1.04 bits per heavy atom. The molecule has 0 spiro atoms. The minimum absolute atomic E-state index is 0.0136. The SMILES string of the molecule is CNC(=O)C1CCC(NC(=O)C2CC(c3ccc(F)cc3)NN2)CC1. The minimum Gasteiger partial charge on any atom is -0.359 e. The average molecular weight is 348 g/mol. The lowest BCUT2D eigenvalue weighted by Gasteiger charge is -2.28. The first-order chi connectivity index (χ1) is 12.1. The van der Waals surface area contributed by atoms with Gasteiger partial charge in [-0.15, -0.1) is 0 Å². The molecule has 4 N–H and O–H groups in total. The third-order valence-electron chi connectivity index (χ3n) is 5.18. The summed E-state index contributed by atoms with van der Waals surface area (Å²) >= 11 is 0. The number of hydrogen-bond donors (Lipinski definition) is 4. The number of hydrazine groups is 1. The Bertz CT molecular complexity index is 614. The zero-order valence-corrected chi connectivity index (χ0v) is 14.3. The summed E-state index contributed by atoms with van der Waals surface area (Å²) in [6.45, 7) is 0. The molecule has 2 fully saturated rings. The van der Waals surface area contributed by atoms with Gasteiger partial charge in [0, 0.05) is 25.0 Å². The predicted octanol–water partition coefficient (Wildman–Crippen LogP) is 1.15. The second-order valence-electron chi connectivity index (χ2n) is 6.85. The Kier molecular flexibility index (Phi) is 5.65. The summed E-state index contributed by atoms with van der Waals surface area (Å²) in [7, 11) is 1.66. The first-order valence-corrected chi connectivity index (χ1v) is 8.85. The van der Waals surface area contributed by atoms with Gasteiger partial charge < -0.3 is 10.6 Å². The molecule has 1 aliphatic heterocycles. The summed E-state index contributed by atoms with van der Waals surface area (Å²) in [5, 5.41) is 5.78. The van der Waals surface area contributed by atoms with Gasteiger partial charge in [0.25, 0.3) is 0 Å². The molecule has 2 atom stereocenters. The number of hydrogen-bond acceptors (Lipinski definition) is 4. The lowest BCUT2D eigenvalue weighted by Crippen LogP contribution is -2.48. The van der Waals surface area contributed by atoms with Crippen molar-refractivity contribution in [2.45, 2.75) is 50.2 Å². The highest BCUT2D eigenvalue weighted by Crippen LogP contribution is 2.26. The molecule has 2 aliphatic rings. The van der Waals surface area contributed by atoms with Crippen molar-refractivity contribution in [2.75, 3.05) is 7.05 Å². The van der Waals surface area contributed by atoms with Crippen molar-refractivity contribution >= 4 is 11.8 Å². The van der Waals surface area contributed by atoms with Gasteiger partial charge in [0.05, 0.1) is 0 Å². The molecule has 25 heavy (non-hydrogen) atoms. The fraction of sp³-hybridized carbons (Fsp3) is 0.556. The topological polar surface area (TPSA) is 82.3 Å². The van der Waals surface area contributed by atoms with Crippen molar-refractivity contribution in [3.63, 3.8) is 0 Å². The van der Waals surface area contributed by atoms with E-state index in [1.54, 1.807) is 19.2 Å². The Morgan fingerprint density at radius 3 is 2.36 bits per heavy atom. The monoisotopic (exact) mass is 348 g/mol. The average Bonchev–Trinajstić information content (AvgIpc) is 3.12. The van der Waals surface area contributed by atoms with Crippen LogP contribution < -0.4 is 21.5 Å². The molecule has 136 valence electrons. The van der Waals surface area contributed by atoms with E-state index in [9.17, 15) is 14.0 Å². The third-order valence-corrected chi connectivity index (χ3v) is 5.18. The van der Waals surface area contributed by atoms with Crippen molar-refractivity contribution in [1.29, 1.82) is 0 Å². The number of nitrogens with one attached hydrogen (secondary N) is 4. The molecule has 1 aromatic carbocycles. The summed E-state index contributed by atoms with van der Waals surface area (Å²) < 4.78 is 13.0. The van der Waals surface area contributed by atoms with Crippen molar-refractivity contribution in [3.05, 3.63) is 35.6 Å². The Labute approximate surface area is 146 Å². The van der Waals surface area contributed by atoms with E-state index in [2.05, 4.69) is 21.5 Å². The molecule has 1 aromatic rings. The zero-order chi connectivity index (χ0) is 17.8.